The molecule has 0 amide bonds. The van der Waals surface area contributed by atoms with Crippen LogP contribution in [0.4, 0.5) is 0 Å². The Balaban J connectivity index is 1.25. The Morgan fingerprint density at radius 3 is 1.32 bits per heavy atom. The number of aliphatic hydroxyl groups is 11. The molecule has 0 unspecified atom stereocenters. The highest BCUT2D eigenvalue weighted by molar-refractivity contribution is 5.91. The maximum absolute atomic E-state index is 13.5. The largest absolute Gasteiger partial charge is 0.468 e. The predicted molar refractivity (Wildman–Crippen MR) is 207 cm³/mol. The van der Waals surface area contributed by atoms with Gasteiger partial charge in [-0.25, -0.2) is 9.59 Å². The van der Waals surface area contributed by atoms with E-state index in [-0.39, 0.29) is 22.3 Å². The number of esters is 4. The molecule has 372 valence electrons. The van der Waals surface area contributed by atoms with Crippen molar-refractivity contribution < 1.29 is 127 Å². The number of ether oxygens (including phenoxy) is 11. The molecule has 0 aromatic heterocycles. The Hall–Kier alpha value is -4.20. The molecule has 0 spiro atoms. The molecule has 26 nitrogen and oxygen atoms in total. The fourth-order valence-corrected chi connectivity index (χ4v) is 7.75. The van der Waals surface area contributed by atoms with Crippen LogP contribution < -0.4 is 0 Å². The first-order chi connectivity index (χ1) is 31.3. The average molecular weight is 953 g/mol. The van der Waals surface area contributed by atoms with Gasteiger partial charge in [0.25, 0.3) is 0 Å². The molecule has 0 radical (unpaired) electrons. The number of hydrogen-bond donors (Lipinski definition) is 11. The van der Waals surface area contributed by atoms with E-state index >= 15 is 0 Å². The van der Waals surface area contributed by atoms with Crippen LogP contribution in [-0.4, -0.2) is 219 Å². The van der Waals surface area contributed by atoms with E-state index in [9.17, 15) is 75.3 Å². The average Bonchev–Trinajstić information content (AvgIpc) is 3.31. The Labute approximate surface area is 375 Å². The van der Waals surface area contributed by atoms with Gasteiger partial charge in [0.15, 0.2) is 12.6 Å². The molecule has 3 fully saturated rings. The number of methoxy groups -OCH3 is 2. The van der Waals surface area contributed by atoms with Crippen molar-refractivity contribution >= 4 is 23.9 Å². The van der Waals surface area contributed by atoms with Crippen LogP contribution in [-0.2, 0) is 71.3 Å². The van der Waals surface area contributed by atoms with Crippen LogP contribution in [0, 0.1) is 11.8 Å². The van der Waals surface area contributed by atoms with Crippen LogP contribution in [0.3, 0.4) is 0 Å². The first-order valence-corrected chi connectivity index (χ1v) is 20.5. The summed E-state index contributed by atoms with van der Waals surface area (Å²) in [6.07, 6.45) is -26.2. The standard InChI is InChI=1S/C40H56O26/c1-5-14-16(18(34(54)56-3)11-59-36(14)65-39-32(52)28(48)25(45)20(9-41)61-39)7-23(43)58-13-22-27(47)30(50)31(51)38(63-22)64-24(44)8-17-15(6-2)37(60-12-19(17)35(55)57-4)66-40-33(53)29(49)26(46)21(10-42)62-40/h5-6,11-12,16-17,20-22,25-33,36-42,45-53H,7-10,13H2,1-4H3/b14-5-,15-6-/t16-,17-,20+,21+,22+,25+,26+,27+,28-,29-,30-,31+,32+,33+,36-,37-,38-,39-,40-/m0/s1. The molecule has 11 N–H and O–H groups in total. The third kappa shape index (κ3) is 11.4. The second-order valence-electron chi connectivity index (χ2n) is 15.5. The van der Waals surface area contributed by atoms with Gasteiger partial charge >= 0.3 is 23.9 Å². The zero-order valence-electron chi connectivity index (χ0n) is 35.9. The highest BCUT2D eigenvalue weighted by atomic mass is 16.8. The molecule has 5 aliphatic heterocycles. The summed E-state index contributed by atoms with van der Waals surface area (Å²) < 4.78 is 59.3. The number of hydrogen-bond acceptors (Lipinski definition) is 26. The van der Waals surface area contributed by atoms with Crippen molar-refractivity contribution in [3.05, 3.63) is 47.0 Å². The van der Waals surface area contributed by atoms with Crippen molar-refractivity contribution in [3.63, 3.8) is 0 Å². The zero-order chi connectivity index (χ0) is 48.7. The third-order valence-electron chi connectivity index (χ3n) is 11.5. The lowest BCUT2D eigenvalue weighted by atomic mass is 9.86. The number of allylic oxidation sites excluding steroid dienone is 2. The van der Waals surface area contributed by atoms with E-state index < -0.39 is 173 Å². The van der Waals surface area contributed by atoms with Gasteiger partial charge in [0, 0.05) is 23.0 Å². The highest BCUT2D eigenvalue weighted by Gasteiger charge is 2.50. The van der Waals surface area contributed by atoms with Crippen molar-refractivity contribution in [2.75, 3.05) is 34.0 Å². The summed E-state index contributed by atoms with van der Waals surface area (Å²) in [6.45, 7) is 0.611. The molecule has 5 rings (SSSR count). The molecule has 66 heavy (non-hydrogen) atoms. The van der Waals surface area contributed by atoms with Crippen LogP contribution in [0.2, 0.25) is 0 Å². The molecule has 0 aromatic rings. The number of carbonyl (C=O) groups is 4. The quantitative estimate of drug-likeness (QED) is 0.0414. The van der Waals surface area contributed by atoms with Crippen LogP contribution in [0.25, 0.3) is 0 Å². The van der Waals surface area contributed by atoms with Crippen LogP contribution in [0.1, 0.15) is 26.7 Å². The van der Waals surface area contributed by atoms with Crippen molar-refractivity contribution in [2.24, 2.45) is 11.8 Å². The van der Waals surface area contributed by atoms with E-state index in [0.717, 1.165) is 26.7 Å². The Morgan fingerprint density at radius 2 is 0.924 bits per heavy atom. The Kier molecular flexibility index (Phi) is 18.6. The summed E-state index contributed by atoms with van der Waals surface area (Å²) in [5.41, 5.74) is -0.282. The first kappa shape index (κ1) is 52.8. The zero-order valence-corrected chi connectivity index (χ0v) is 35.9. The summed E-state index contributed by atoms with van der Waals surface area (Å²) in [5.74, 6) is -6.57. The Morgan fingerprint density at radius 1 is 0.545 bits per heavy atom. The number of aliphatic hydroxyl groups excluding tert-OH is 11. The topological polar surface area (TPSA) is 392 Å². The normalized spacial score (nSPS) is 40.6. The first-order valence-electron chi connectivity index (χ1n) is 20.5. The molecule has 19 atom stereocenters. The van der Waals surface area contributed by atoms with E-state index in [0.29, 0.717) is 0 Å². The molecular formula is C40H56O26. The fraction of sp³-hybridized carbons (Fsp3) is 0.700. The lowest BCUT2D eigenvalue weighted by molar-refractivity contribution is -0.328. The van der Waals surface area contributed by atoms with Gasteiger partial charge in [0.1, 0.15) is 79.9 Å². The number of rotatable bonds is 15. The van der Waals surface area contributed by atoms with E-state index in [2.05, 4.69) is 0 Å². The molecule has 3 saturated heterocycles. The van der Waals surface area contributed by atoms with Gasteiger partial charge in [-0.3, -0.25) is 9.59 Å². The van der Waals surface area contributed by atoms with Crippen LogP contribution in [0.5, 0.6) is 0 Å². The minimum Gasteiger partial charge on any atom is -0.468 e. The van der Waals surface area contributed by atoms with Crippen LogP contribution in [0.15, 0.2) is 47.0 Å². The van der Waals surface area contributed by atoms with Crippen molar-refractivity contribution in [2.45, 2.75) is 131 Å². The predicted octanol–water partition coefficient (Wildman–Crippen LogP) is -5.75. The maximum atomic E-state index is 13.5. The maximum Gasteiger partial charge on any atom is 0.337 e. The van der Waals surface area contributed by atoms with Crippen molar-refractivity contribution in [1.29, 1.82) is 0 Å². The van der Waals surface area contributed by atoms with E-state index in [1.807, 2.05) is 0 Å². The second kappa shape index (κ2) is 23.2. The SMILES string of the molecule is C/C=C1\[C@H](O[C@@H]2O[C@H](CO)[C@@H](O)[C@H](O)[C@H]2O)OC=C(C(=O)OC)[C@H]1CC(=O)OC[C@H]1O[C@@H](OC(=O)C[C@@H]2C(C(=O)OC)=CO[C@@H](O[C@@H]3O[C@H](CO)[C@@H](O)[C@H](O)[C@H]3O)/C2=C\C)[C@H](O)[C@@H](O)[C@@H]1O. The fourth-order valence-electron chi connectivity index (χ4n) is 7.75. The molecule has 0 aromatic carbocycles. The van der Waals surface area contributed by atoms with Gasteiger partial charge in [-0.1, -0.05) is 12.2 Å². The molecule has 0 bridgehead atoms. The smallest absolute Gasteiger partial charge is 0.337 e. The molecular weight excluding hydrogens is 896 g/mol. The van der Waals surface area contributed by atoms with Gasteiger partial charge in [-0.2, -0.15) is 0 Å². The monoisotopic (exact) mass is 952 g/mol. The van der Waals surface area contributed by atoms with Crippen molar-refractivity contribution in [3.8, 4) is 0 Å². The molecule has 26 heteroatoms. The summed E-state index contributed by atoms with van der Waals surface area (Å²) in [7, 11) is 2.11. The number of carbonyl (C=O) groups excluding carboxylic acids is 4. The van der Waals surface area contributed by atoms with Gasteiger partial charge in [-0.05, 0) is 13.8 Å². The summed E-state index contributed by atoms with van der Waals surface area (Å²) in [6, 6.07) is 0. The third-order valence-corrected chi connectivity index (χ3v) is 11.5. The van der Waals surface area contributed by atoms with Crippen LogP contribution >= 0.6 is 0 Å². The minimum absolute atomic E-state index is 0.0553. The highest BCUT2D eigenvalue weighted by Crippen LogP contribution is 2.38. The Bertz CT molecular complexity index is 1830. The van der Waals surface area contributed by atoms with E-state index in [1.54, 1.807) is 0 Å². The molecule has 5 heterocycles. The lowest BCUT2D eigenvalue weighted by Crippen LogP contribution is -2.60. The summed E-state index contributed by atoms with van der Waals surface area (Å²) in [4.78, 5) is 52.5. The van der Waals surface area contributed by atoms with Gasteiger partial charge in [-0.15, -0.1) is 0 Å². The molecule has 5 aliphatic rings. The minimum atomic E-state index is -2.07. The molecule has 0 saturated carbocycles. The van der Waals surface area contributed by atoms with E-state index in [4.69, 9.17) is 52.1 Å². The molecule has 0 aliphatic carbocycles. The van der Waals surface area contributed by atoms with Crippen molar-refractivity contribution in [1.82, 2.24) is 0 Å². The van der Waals surface area contributed by atoms with Gasteiger partial charge in [0.2, 0.25) is 18.9 Å². The second-order valence-corrected chi connectivity index (χ2v) is 15.5. The van der Waals surface area contributed by atoms with Gasteiger partial charge in [0.05, 0.1) is 63.9 Å². The van der Waals surface area contributed by atoms with E-state index in [1.165, 1.54) is 26.0 Å². The lowest BCUT2D eigenvalue weighted by Gasteiger charge is -2.42. The summed E-state index contributed by atoms with van der Waals surface area (Å²) >= 11 is 0. The summed E-state index contributed by atoms with van der Waals surface area (Å²) in [5, 5.41) is 113. The van der Waals surface area contributed by atoms with Gasteiger partial charge < -0.3 is 108 Å².